The highest BCUT2D eigenvalue weighted by molar-refractivity contribution is 7.89. The fourth-order valence-electron chi connectivity index (χ4n) is 4.62. The van der Waals surface area contributed by atoms with E-state index in [9.17, 15) is 13.2 Å². The topological polar surface area (TPSA) is 84.3 Å². The number of fused-ring (bicyclic) bond motifs is 1. The Morgan fingerprint density at radius 1 is 0.900 bits per heavy atom. The van der Waals surface area contributed by atoms with E-state index in [1.165, 1.54) is 4.31 Å². The minimum Gasteiger partial charge on any atom is -0.309 e. The first-order valence-electron chi connectivity index (χ1n) is 13.4. The van der Waals surface area contributed by atoms with Gasteiger partial charge in [0.15, 0.2) is 0 Å². The van der Waals surface area contributed by atoms with Crippen molar-refractivity contribution in [2.24, 2.45) is 0 Å². The smallest absolute Gasteiger partial charge is 0.244 e. The summed E-state index contributed by atoms with van der Waals surface area (Å²) in [6, 6.07) is 32.0. The van der Waals surface area contributed by atoms with Gasteiger partial charge in [0.1, 0.15) is 5.82 Å². The van der Waals surface area contributed by atoms with Gasteiger partial charge in [-0.15, -0.1) is 0 Å². The fourth-order valence-corrected chi connectivity index (χ4v) is 6.27. The average molecular weight is 553 g/mol. The molecule has 4 aromatic carbocycles. The Bertz CT molecular complexity index is 1720. The van der Waals surface area contributed by atoms with E-state index in [-0.39, 0.29) is 18.0 Å². The first-order chi connectivity index (χ1) is 19.4. The second-order valence-corrected chi connectivity index (χ2v) is 11.7. The van der Waals surface area contributed by atoms with Crippen molar-refractivity contribution < 1.29 is 13.2 Å². The Morgan fingerprint density at radius 2 is 1.60 bits per heavy atom. The molecule has 0 aliphatic carbocycles. The molecule has 0 bridgehead atoms. The third-order valence-electron chi connectivity index (χ3n) is 6.77. The molecule has 40 heavy (non-hydrogen) atoms. The zero-order chi connectivity index (χ0) is 28.1. The van der Waals surface area contributed by atoms with Gasteiger partial charge in [-0.05, 0) is 36.9 Å². The number of rotatable bonds is 10. The lowest BCUT2D eigenvalue weighted by molar-refractivity contribution is -0.116. The Kier molecular flexibility index (Phi) is 8.09. The van der Waals surface area contributed by atoms with E-state index in [0.29, 0.717) is 23.3 Å². The van der Waals surface area contributed by atoms with Gasteiger partial charge < -0.3 is 5.32 Å². The molecule has 1 heterocycles. The summed E-state index contributed by atoms with van der Waals surface area (Å²) in [5.41, 5.74) is 3.50. The minimum absolute atomic E-state index is 0.200. The highest BCUT2D eigenvalue weighted by Crippen LogP contribution is 2.27. The van der Waals surface area contributed by atoms with E-state index >= 15 is 0 Å². The van der Waals surface area contributed by atoms with Crippen molar-refractivity contribution in [3.63, 3.8) is 0 Å². The zero-order valence-electron chi connectivity index (χ0n) is 22.6. The Hall–Kier alpha value is -4.27. The second-order valence-electron chi connectivity index (χ2n) is 9.75. The van der Waals surface area contributed by atoms with Crippen LogP contribution in [0.2, 0.25) is 0 Å². The minimum atomic E-state index is -3.94. The number of benzene rings is 4. The van der Waals surface area contributed by atoms with E-state index < -0.39 is 15.9 Å². The summed E-state index contributed by atoms with van der Waals surface area (Å²) in [7, 11) is -3.94. The maximum absolute atomic E-state index is 13.9. The van der Waals surface area contributed by atoms with Crippen LogP contribution < -0.4 is 5.32 Å². The highest BCUT2D eigenvalue weighted by atomic mass is 32.2. The normalized spacial score (nSPS) is 11.7. The number of hydrogen-bond acceptors (Lipinski definition) is 4. The van der Waals surface area contributed by atoms with Crippen LogP contribution in [0, 0.1) is 6.92 Å². The van der Waals surface area contributed by atoms with Gasteiger partial charge in [0.05, 0.1) is 22.8 Å². The summed E-state index contributed by atoms with van der Waals surface area (Å²) in [6.45, 7) is 3.92. The third kappa shape index (κ3) is 5.83. The number of nitrogens with one attached hydrogen (secondary N) is 1. The van der Waals surface area contributed by atoms with Crippen LogP contribution in [0.3, 0.4) is 0 Å². The molecule has 0 aliphatic heterocycles. The molecule has 5 aromatic rings. The number of nitrogens with zero attached hydrogens (tertiary/aromatic N) is 3. The van der Waals surface area contributed by atoms with Crippen molar-refractivity contribution in [2.45, 2.75) is 31.6 Å². The molecule has 0 atom stereocenters. The van der Waals surface area contributed by atoms with E-state index in [1.54, 1.807) is 22.9 Å². The zero-order valence-corrected chi connectivity index (χ0v) is 23.4. The van der Waals surface area contributed by atoms with Gasteiger partial charge in [-0.25, -0.2) is 13.1 Å². The molecule has 7 nitrogen and oxygen atoms in total. The van der Waals surface area contributed by atoms with Crippen molar-refractivity contribution in [2.75, 3.05) is 18.4 Å². The molecular formula is C32H32N4O3S. The van der Waals surface area contributed by atoms with Gasteiger partial charge in [0.2, 0.25) is 15.9 Å². The number of amides is 1. The van der Waals surface area contributed by atoms with Crippen LogP contribution in [0.4, 0.5) is 5.82 Å². The molecule has 0 radical (unpaired) electrons. The van der Waals surface area contributed by atoms with Gasteiger partial charge in [-0.2, -0.15) is 9.40 Å². The van der Waals surface area contributed by atoms with E-state index in [1.807, 2.05) is 98.8 Å². The molecule has 0 saturated heterocycles. The van der Waals surface area contributed by atoms with Crippen LogP contribution in [0.5, 0.6) is 0 Å². The largest absolute Gasteiger partial charge is 0.309 e. The van der Waals surface area contributed by atoms with E-state index in [4.69, 9.17) is 5.10 Å². The van der Waals surface area contributed by atoms with Crippen LogP contribution in [0.1, 0.15) is 25.3 Å². The molecule has 1 aromatic heterocycles. The fraction of sp³-hybridized carbons (Fsp3) is 0.188. The van der Waals surface area contributed by atoms with Gasteiger partial charge in [0.25, 0.3) is 0 Å². The third-order valence-corrected chi connectivity index (χ3v) is 8.68. The maximum atomic E-state index is 13.9. The number of unbranched alkanes of at least 4 members (excludes halogenated alkanes) is 1. The summed E-state index contributed by atoms with van der Waals surface area (Å²) in [5, 5.41) is 9.17. The van der Waals surface area contributed by atoms with Crippen molar-refractivity contribution >= 4 is 32.5 Å². The van der Waals surface area contributed by atoms with Crippen LogP contribution in [0.15, 0.2) is 108 Å². The van der Waals surface area contributed by atoms with Crippen LogP contribution in [0.25, 0.3) is 27.7 Å². The number of aryl methyl sites for hydroxylation is 1. The lowest BCUT2D eigenvalue weighted by Gasteiger charge is -2.22. The summed E-state index contributed by atoms with van der Waals surface area (Å²) in [5.74, 6) is 0.0264. The number of aromatic nitrogens is 2. The van der Waals surface area contributed by atoms with Gasteiger partial charge in [0, 0.05) is 23.6 Å². The average Bonchev–Trinajstić information content (AvgIpc) is 3.39. The number of anilines is 1. The van der Waals surface area contributed by atoms with Crippen LogP contribution in [-0.4, -0.2) is 41.5 Å². The quantitative estimate of drug-likeness (QED) is 0.216. The van der Waals surface area contributed by atoms with Crippen LogP contribution >= 0.6 is 0 Å². The predicted octanol–water partition coefficient (Wildman–Crippen LogP) is 6.43. The number of carbonyl (C=O) groups is 1. The predicted molar refractivity (Wildman–Crippen MR) is 160 cm³/mol. The first kappa shape index (κ1) is 27.3. The second kappa shape index (κ2) is 11.9. The lowest BCUT2D eigenvalue weighted by atomic mass is 10.1. The number of sulfonamides is 1. The monoisotopic (exact) mass is 552 g/mol. The summed E-state index contributed by atoms with van der Waals surface area (Å²) in [4.78, 5) is 13.7. The van der Waals surface area contributed by atoms with Crippen molar-refractivity contribution in [3.8, 4) is 16.9 Å². The standard InChI is InChI=1S/C32H32N4O3S/c1-3-4-21-35(40(38,39)30-16-10-14-25-11-8-9-15-28(25)30)23-32(37)33-31-22-29(26-12-6-5-7-13-26)34-36(31)27-19-17-24(2)18-20-27/h5-20,22H,3-4,21,23H2,1-2H3,(H,33,37). The van der Waals surface area contributed by atoms with Crippen molar-refractivity contribution in [1.29, 1.82) is 0 Å². The molecule has 8 heteroatoms. The number of hydrogen-bond donors (Lipinski definition) is 1. The molecule has 5 rings (SSSR count). The molecule has 1 N–H and O–H groups in total. The van der Waals surface area contributed by atoms with Gasteiger partial charge in [-0.3, -0.25) is 4.79 Å². The maximum Gasteiger partial charge on any atom is 0.244 e. The highest BCUT2D eigenvalue weighted by Gasteiger charge is 2.28. The molecule has 1 amide bonds. The molecule has 204 valence electrons. The molecule has 0 aliphatic rings. The van der Waals surface area contributed by atoms with E-state index in [2.05, 4.69) is 5.32 Å². The molecule has 0 saturated carbocycles. The Balaban J connectivity index is 1.47. The van der Waals surface area contributed by atoms with Crippen molar-refractivity contribution in [3.05, 3.63) is 109 Å². The molecule has 0 unspecified atom stereocenters. The van der Waals surface area contributed by atoms with E-state index in [0.717, 1.165) is 28.6 Å². The van der Waals surface area contributed by atoms with Gasteiger partial charge in [-0.1, -0.05) is 97.8 Å². The summed E-state index contributed by atoms with van der Waals surface area (Å²) >= 11 is 0. The Morgan fingerprint density at radius 3 is 2.35 bits per heavy atom. The number of carbonyl (C=O) groups excluding carboxylic acids is 1. The Labute approximate surface area is 235 Å². The lowest BCUT2D eigenvalue weighted by Crippen LogP contribution is -2.39. The molecule has 0 spiro atoms. The summed E-state index contributed by atoms with van der Waals surface area (Å²) < 4.78 is 30.7. The summed E-state index contributed by atoms with van der Waals surface area (Å²) in [6.07, 6.45) is 1.43. The molecule has 0 fully saturated rings. The van der Waals surface area contributed by atoms with Crippen LogP contribution in [-0.2, 0) is 14.8 Å². The molecular weight excluding hydrogens is 520 g/mol. The first-order valence-corrected chi connectivity index (χ1v) is 14.8. The SMILES string of the molecule is CCCCN(CC(=O)Nc1cc(-c2ccccc2)nn1-c1ccc(C)cc1)S(=O)(=O)c1cccc2ccccc12. The van der Waals surface area contributed by atoms with Crippen molar-refractivity contribution in [1.82, 2.24) is 14.1 Å². The van der Waals surface area contributed by atoms with Gasteiger partial charge >= 0.3 is 0 Å².